The molecule has 0 bridgehead atoms. The second kappa shape index (κ2) is 6.18. The number of hydrogen-bond donors (Lipinski definition) is 1. The van der Waals surface area contributed by atoms with Crippen LogP contribution in [0, 0.1) is 6.92 Å². The summed E-state index contributed by atoms with van der Waals surface area (Å²) in [5.41, 5.74) is 8.79. The zero-order valence-electron chi connectivity index (χ0n) is 11.9. The maximum absolute atomic E-state index is 5.94. The smallest absolute Gasteiger partial charge is 0.169 e. The second-order valence-corrected chi connectivity index (χ2v) is 5.43. The Morgan fingerprint density at radius 2 is 1.85 bits per heavy atom. The maximum atomic E-state index is 5.94. The van der Waals surface area contributed by atoms with Crippen LogP contribution in [0.4, 0.5) is 5.69 Å². The van der Waals surface area contributed by atoms with Crippen molar-refractivity contribution >= 4 is 21.6 Å². The highest BCUT2D eigenvalue weighted by molar-refractivity contribution is 9.10. The Labute approximate surface area is 127 Å². The monoisotopic (exact) mass is 335 g/mol. The average molecular weight is 336 g/mol. The summed E-state index contributed by atoms with van der Waals surface area (Å²) in [7, 11) is 1.64. The fourth-order valence-corrected chi connectivity index (χ4v) is 2.33. The molecule has 0 radical (unpaired) electrons. The van der Waals surface area contributed by atoms with Gasteiger partial charge in [-0.2, -0.15) is 0 Å². The molecule has 4 heteroatoms. The molecule has 0 amide bonds. The number of methoxy groups -OCH3 is 1. The number of rotatable bonds is 4. The van der Waals surface area contributed by atoms with Gasteiger partial charge in [0, 0.05) is 5.69 Å². The van der Waals surface area contributed by atoms with E-state index in [9.17, 15) is 0 Å². The number of nitrogens with two attached hydrogens (primary N) is 1. The number of anilines is 1. The summed E-state index contributed by atoms with van der Waals surface area (Å²) in [4.78, 5) is 0. The number of nitrogen functional groups attached to an aromatic ring is 1. The van der Waals surface area contributed by atoms with Gasteiger partial charge in [-0.3, -0.25) is 0 Å². The zero-order chi connectivity index (χ0) is 14.7. The number of aryl methyl sites for hydroxylation is 2. The molecule has 0 aliphatic heterocycles. The Bertz CT molecular complexity index is 626. The van der Waals surface area contributed by atoms with E-state index >= 15 is 0 Å². The molecule has 3 nitrogen and oxygen atoms in total. The third-order valence-corrected chi connectivity index (χ3v) is 3.80. The van der Waals surface area contributed by atoms with E-state index in [2.05, 4.69) is 22.9 Å². The van der Waals surface area contributed by atoms with Crippen LogP contribution in [0.5, 0.6) is 17.2 Å². The van der Waals surface area contributed by atoms with E-state index in [0.29, 0.717) is 5.75 Å². The van der Waals surface area contributed by atoms with Gasteiger partial charge >= 0.3 is 0 Å². The minimum absolute atomic E-state index is 0.689. The highest BCUT2D eigenvalue weighted by Gasteiger charge is 2.10. The molecule has 0 aliphatic rings. The summed E-state index contributed by atoms with van der Waals surface area (Å²) in [5, 5.41) is 0. The Morgan fingerprint density at radius 3 is 2.50 bits per heavy atom. The minimum Gasteiger partial charge on any atom is -0.493 e. The van der Waals surface area contributed by atoms with Crippen molar-refractivity contribution < 1.29 is 9.47 Å². The Morgan fingerprint density at radius 1 is 1.10 bits per heavy atom. The molecule has 2 aromatic carbocycles. The molecule has 0 unspecified atom stereocenters. The first-order valence-electron chi connectivity index (χ1n) is 6.45. The van der Waals surface area contributed by atoms with Gasteiger partial charge in [-0.1, -0.05) is 13.0 Å². The van der Waals surface area contributed by atoms with Gasteiger partial charge in [0.25, 0.3) is 0 Å². The van der Waals surface area contributed by atoms with E-state index in [1.807, 2.05) is 37.3 Å². The molecule has 0 aromatic heterocycles. The molecule has 2 aromatic rings. The average Bonchev–Trinajstić information content (AvgIpc) is 2.45. The van der Waals surface area contributed by atoms with E-state index < -0.39 is 0 Å². The Balaban J connectivity index is 2.37. The predicted octanol–water partition coefficient (Wildman–Crippen LogP) is 4.70. The van der Waals surface area contributed by atoms with Crippen molar-refractivity contribution in [3.05, 3.63) is 45.9 Å². The lowest BCUT2D eigenvalue weighted by atomic mass is 10.1. The Kier molecular flexibility index (Phi) is 4.55. The van der Waals surface area contributed by atoms with Crippen LogP contribution < -0.4 is 15.2 Å². The topological polar surface area (TPSA) is 44.5 Å². The lowest BCUT2D eigenvalue weighted by Crippen LogP contribution is -1.95. The van der Waals surface area contributed by atoms with Crippen LogP contribution in [0.2, 0.25) is 0 Å². The number of benzene rings is 2. The van der Waals surface area contributed by atoms with Crippen LogP contribution in [0.15, 0.2) is 34.8 Å². The van der Waals surface area contributed by atoms with Crippen LogP contribution in [-0.2, 0) is 6.42 Å². The van der Waals surface area contributed by atoms with E-state index in [-0.39, 0.29) is 0 Å². The molecular weight excluding hydrogens is 318 g/mol. The van der Waals surface area contributed by atoms with Gasteiger partial charge in [0.2, 0.25) is 0 Å². The second-order valence-electron chi connectivity index (χ2n) is 4.58. The molecule has 0 saturated carbocycles. The molecule has 0 fully saturated rings. The van der Waals surface area contributed by atoms with Crippen LogP contribution in [0.1, 0.15) is 18.1 Å². The first kappa shape index (κ1) is 14.7. The summed E-state index contributed by atoms with van der Waals surface area (Å²) in [6.07, 6.45) is 0.960. The van der Waals surface area contributed by atoms with Crippen molar-refractivity contribution in [2.24, 2.45) is 0 Å². The summed E-state index contributed by atoms with van der Waals surface area (Å²) >= 11 is 3.47. The van der Waals surface area contributed by atoms with E-state index in [1.165, 1.54) is 5.56 Å². The standard InChI is InChI=1S/C16H18BrNO2/c1-4-11-5-6-14(16(8-11)19-3)20-15-7-10(2)13(18)9-12(15)17/h5-9H,4,18H2,1-3H3. The first-order valence-corrected chi connectivity index (χ1v) is 7.24. The largest absolute Gasteiger partial charge is 0.493 e. The molecule has 0 atom stereocenters. The van der Waals surface area contributed by atoms with Gasteiger partial charge in [-0.05, 0) is 64.7 Å². The molecule has 0 aliphatic carbocycles. The van der Waals surface area contributed by atoms with Crippen LogP contribution >= 0.6 is 15.9 Å². The molecule has 0 heterocycles. The lowest BCUT2D eigenvalue weighted by molar-refractivity contribution is 0.377. The third kappa shape index (κ3) is 3.07. The van der Waals surface area contributed by atoms with Crippen molar-refractivity contribution in [1.82, 2.24) is 0 Å². The highest BCUT2D eigenvalue weighted by Crippen LogP contribution is 2.37. The molecular formula is C16H18BrNO2. The van der Waals surface area contributed by atoms with Crippen molar-refractivity contribution in [1.29, 1.82) is 0 Å². The minimum atomic E-state index is 0.689. The van der Waals surface area contributed by atoms with Crippen molar-refractivity contribution in [2.45, 2.75) is 20.3 Å². The number of ether oxygens (including phenoxy) is 2. The van der Waals surface area contributed by atoms with Crippen LogP contribution in [-0.4, -0.2) is 7.11 Å². The molecule has 106 valence electrons. The molecule has 20 heavy (non-hydrogen) atoms. The summed E-state index contributed by atoms with van der Waals surface area (Å²) in [6.45, 7) is 4.06. The molecule has 0 saturated heterocycles. The summed E-state index contributed by atoms with van der Waals surface area (Å²) < 4.78 is 12.1. The predicted molar refractivity (Wildman–Crippen MR) is 85.7 cm³/mol. The van der Waals surface area contributed by atoms with Gasteiger partial charge < -0.3 is 15.2 Å². The fraction of sp³-hybridized carbons (Fsp3) is 0.250. The highest BCUT2D eigenvalue weighted by atomic mass is 79.9. The first-order chi connectivity index (χ1) is 9.55. The van der Waals surface area contributed by atoms with Gasteiger partial charge in [-0.15, -0.1) is 0 Å². The van der Waals surface area contributed by atoms with E-state index in [4.69, 9.17) is 15.2 Å². The van der Waals surface area contributed by atoms with Gasteiger partial charge in [0.15, 0.2) is 11.5 Å². The van der Waals surface area contributed by atoms with Crippen molar-refractivity contribution in [3.63, 3.8) is 0 Å². The van der Waals surface area contributed by atoms with Crippen molar-refractivity contribution in [3.8, 4) is 17.2 Å². The van der Waals surface area contributed by atoms with Gasteiger partial charge in [-0.25, -0.2) is 0 Å². The Hall–Kier alpha value is -1.68. The summed E-state index contributed by atoms with van der Waals surface area (Å²) in [5.74, 6) is 2.14. The maximum Gasteiger partial charge on any atom is 0.169 e. The van der Waals surface area contributed by atoms with Crippen molar-refractivity contribution in [2.75, 3.05) is 12.8 Å². The van der Waals surface area contributed by atoms with Crippen LogP contribution in [0.25, 0.3) is 0 Å². The SMILES string of the molecule is CCc1ccc(Oc2cc(C)c(N)cc2Br)c(OC)c1. The number of hydrogen-bond acceptors (Lipinski definition) is 3. The molecule has 2 rings (SSSR count). The van der Waals surface area contributed by atoms with Gasteiger partial charge in [0.05, 0.1) is 11.6 Å². The quantitative estimate of drug-likeness (QED) is 0.823. The molecule has 0 spiro atoms. The number of halogens is 1. The zero-order valence-corrected chi connectivity index (χ0v) is 13.5. The van der Waals surface area contributed by atoms with Crippen LogP contribution in [0.3, 0.4) is 0 Å². The fourth-order valence-electron chi connectivity index (χ4n) is 1.88. The third-order valence-electron chi connectivity index (χ3n) is 3.18. The van der Waals surface area contributed by atoms with E-state index in [0.717, 1.165) is 33.6 Å². The molecule has 2 N–H and O–H groups in total. The lowest BCUT2D eigenvalue weighted by Gasteiger charge is -2.14. The summed E-state index contributed by atoms with van der Waals surface area (Å²) in [6, 6.07) is 9.71. The van der Waals surface area contributed by atoms with E-state index in [1.54, 1.807) is 7.11 Å². The normalized spacial score (nSPS) is 10.4. The van der Waals surface area contributed by atoms with Gasteiger partial charge in [0.1, 0.15) is 5.75 Å².